The predicted molar refractivity (Wildman–Crippen MR) is 80.3 cm³/mol. The van der Waals surface area contributed by atoms with E-state index in [1.165, 1.54) is 42.4 Å². The molecule has 1 aromatic carbocycles. The van der Waals surface area contributed by atoms with Crippen molar-refractivity contribution < 1.29 is 5.11 Å². The SMILES string of the molecule is CC(C)CC(O)CNCc1ccc2c(c1)CCCC2. The molecule has 2 nitrogen and oxygen atoms in total. The molecule has 1 aromatic rings. The Bertz CT molecular complexity index is 400. The largest absolute Gasteiger partial charge is 0.392 e. The van der Waals surface area contributed by atoms with E-state index >= 15 is 0 Å². The Balaban J connectivity index is 1.80. The lowest BCUT2D eigenvalue weighted by Gasteiger charge is -2.17. The molecular weight excluding hydrogens is 234 g/mol. The molecule has 0 fully saturated rings. The van der Waals surface area contributed by atoms with Crippen LogP contribution in [0.2, 0.25) is 0 Å². The van der Waals surface area contributed by atoms with Gasteiger partial charge in [0.1, 0.15) is 0 Å². The van der Waals surface area contributed by atoms with E-state index in [0.29, 0.717) is 12.5 Å². The number of hydrogen-bond acceptors (Lipinski definition) is 2. The molecule has 0 saturated heterocycles. The maximum absolute atomic E-state index is 9.83. The Kier molecular flexibility index (Phi) is 5.41. The summed E-state index contributed by atoms with van der Waals surface area (Å²) in [6, 6.07) is 6.86. The first-order valence-electron chi connectivity index (χ1n) is 7.64. The second-order valence-corrected chi connectivity index (χ2v) is 6.22. The second kappa shape index (κ2) is 7.06. The summed E-state index contributed by atoms with van der Waals surface area (Å²) < 4.78 is 0. The number of benzene rings is 1. The van der Waals surface area contributed by atoms with Gasteiger partial charge in [-0.05, 0) is 54.7 Å². The summed E-state index contributed by atoms with van der Waals surface area (Å²) in [4.78, 5) is 0. The first-order valence-corrected chi connectivity index (χ1v) is 7.64. The van der Waals surface area contributed by atoms with Crippen molar-refractivity contribution in [1.29, 1.82) is 0 Å². The van der Waals surface area contributed by atoms with Crippen LogP contribution in [0.3, 0.4) is 0 Å². The van der Waals surface area contributed by atoms with Gasteiger partial charge in [-0.25, -0.2) is 0 Å². The summed E-state index contributed by atoms with van der Waals surface area (Å²) in [6.45, 7) is 5.84. The van der Waals surface area contributed by atoms with E-state index in [2.05, 4.69) is 37.4 Å². The Morgan fingerprint density at radius 1 is 1.16 bits per heavy atom. The summed E-state index contributed by atoms with van der Waals surface area (Å²) in [6.07, 6.45) is 5.80. The minimum Gasteiger partial charge on any atom is -0.392 e. The van der Waals surface area contributed by atoms with Gasteiger partial charge in [-0.1, -0.05) is 32.0 Å². The van der Waals surface area contributed by atoms with Gasteiger partial charge >= 0.3 is 0 Å². The van der Waals surface area contributed by atoms with Gasteiger partial charge < -0.3 is 10.4 Å². The Morgan fingerprint density at radius 2 is 1.89 bits per heavy atom. The van der Waals surface area contributed by atoms with E-state index in [0.717, 1.165) is 13.0 Å². The summed E-state index contributed by atoms with van der Waals surface area (Å²) in [5.41, 5.74) is 4.42. The minimum atomic E-state index is -0.224. The Labute approximate surface area is 117 Å². The highest BCUT2D eigenvalue weighted by molar-refractivity contribution is 5.33. The first kappa shape index (κ1) is 14.5. The number of hydrogen-bond donors (Lipinski definition) is 2. The molecule has 1 atom stereocenters. The fourth-order valence-corrected chi connectivity index (χ4v) is 2.91. The van der Waals surface area contributed by atoms with Crippen LogP contribution in [-0.2, 0) is 19.4 Å². The smallest absolute Gasteiger partial charge is 0.0667 e. The summed E-state index contributed by atoms with van der Waals surface area (Å²) in [5.74, 6) is 0.556. The Morgan fingerprint density at radius 3 is 2.63 bits per heavy atom. The molecule has 0 aromatic heterocycles. The third kappa shape index (κ3) is 4.63. The van der Waals surface area contributed by atoms with Gasteiger partial charge in [-0.3, -0.25) is 0 Å². The van der Waals surface area contributed by atoms with Gasteiger partial charge in [-0.15, -0.1) is 0 Å². The molecule has 1 aliphatic carbocycles. The van der Waals surface area contributed by atoms with E-state index in [1.54, 1.807) is 0 Å². The van der Waals surface area contributed by atoms with Crippen molar-refractivity contribution >= 4 is 0 Å². The lowest BCUT2D eigenvalue weighted by molar-refractivity contribution is 0.146. The van der Waals surface area contributed by atoms with Crippen LogP contribution in [0.1, 0.15) is 49.8 Å². The molecule has 0 aliphatic heterocycles. The highest BCUT2D eigenvalue weighted by Crippen LogP contribution is 2.22. The monoisotopic (exact) mass is 261 g/mol. The van der Waals surface area contributed by atoms with Crippen LogP contribution >= 0.6 is 0 Å². The number of nitrogens with one attached hydrogen (secondary N) is 1. The quantitative estimate of drug-likeness (QED) is 0.825. The van der Waals surface area contributed by atoms with E-state index in [9.17, 15) is 5.11 Å². The molecule has 0 heterocycles. The van der Waals surface area contributed by atoms with Crippen LogP contribution in [-0.4, -0.2) is 17.8 Å². The predicted octanol–water partition coefficient (Wildman–Crippen LogP) is 3.06. The van der Waals surface area contributed by atoms with Crippen LogP contribution in [0.25, 0.3) is 0 Å². The average molecular weight is 261 g/mol. The van der Waals surface area contributed by atoms with Crippen molar-refractivity contribution in [2.45, 2.75) is 58.6 Å². The van der Waals surface area contributed by atoms with Crippen molar-refractivity contribution in [2.75, 3.05) is 6.54 Å². The van der Waals surface area contributed by atoms with Gasteiger partial charge in [0.25, 0.3) is 0 Å². The molecule has 0 amide bonds. The van der Waals surface area contributed by atoms with Gasteiger partial charge in [0.15, 0.2) is 0 Å². The topological polar surface area (TPSA) is 32.3 Å². The van der Waals surface area contributed by atoms with Crippen molar-refractivity contribution in [2.24, 2.45) is 5.92 Å². The van der Waals surface area contributed by atoms with Crippen molar-refractivity contribution in [3.63, 3.8) is 0 Å². The lowest BCUT2D eigenvalue weighted by Crippen LogP contribution is -2.27. The molecule has 19 heavy (non-hydrogen) atoms. The number of aliphatic hydroxyl groups is 1. The van der Waals surface area contributed by atoms with Gasteiger partial charge in [0.2, 0.25) is 0 Å². The lowest BCUT2D eigenvalue weighted by atomic mass is 9.90. The molecule has 106 valence electrons. The zero-order valence-corrected chi connectivity index (χ0v) is 12.3. The highest BCUT2D eigenvalue weighted by atomic mass is 16.3. The molecule has 2 N–H and O–H groups in total. The maximum Gasteiger partial charge on any atom is 0.0667 e. The molecule has 0 saturated carbocycles. The minimum absolute atomic E-state index is 0.224. The second-order valence-electron chi connectivity index (χ2n) is 6.22. The number of fused-ring (bicyclic) bond motifs is 1. The molecule has 1 unspecified atom stereocenters. The number of rotatable bonds is 6. The van der Waals surface area contributed by atoms with E-state index in [1.807, 2.05) is 0 Å². The Hall–Kier alpha value is -0.860. The summed E-state index contributed by atoms with van der Waals surface area (Å²) in [7, 11) is 0. The molecule has 0 spiro atoms. The highest BCUT2D eigenvalue weighted by Gasteiger charge is 2.10. The standard InChI is InChI=1S/C17H27NO/c1-13(2)9-17(19)12-18-11-14-7-8-15-5-3-4-6-16(15)10-14/h7-8,10,13,17-19H,3-6,9,11-12H2,1-2H3. The fourth-order valence-electron chi connectivity index (χ4n) is 2.91. The molecule has 0 radical (unpaired) electrons. The fraction of sp³-hybridized carbons (Fsp3) is 0.647. The number of aryl methyl sites for hydroxylation is 2. The third-order valence-electron chi connectivity index (χ3n) is 3.87. The van der Waals surface area contributed by atoms with Crippen molar-refractivity contribution in [3.05, 3.63) is 34.9 Å². The zero-order valence-electron chi connectivity index (χ0n) is 12.3. The van der Waals surface area contributed by atoms with E-state index in [4.69, 9.17) is 0 Å². The van der Waals surface area contributed by atoms with Crippen LogP contribution < -0.4 is 5.32 Å². The molecule has 1 aliphatic rings. The van der Waals surface area contributed by atoms with Crippen LogP contribution in [0.5, 0.6) is 0 Å². The maximum atomic E-state index is 9.83. The first-order chi connectivity index (χ1) is 9.15. The zero-order chi connectivity index (χ0) is 13.7. The molecule has 2 rings (SSSR count). The normalized spacial score (nSPS) is 16.4. The summed E-state index contributed by atoms with van der Waals surface area (Å²) in [5, 5.41) is 13.2. The molecular formula is C17H27NO. The van der Waals surface area contributed by atoms with Crippen LogP contribution in [0.15, 0.2) is 18.2 Å². The van der Waals surface area contributed by atoms with Gasteiger partial charge in [-0.2, -0.15) is 0 Å². The van der Waals surface area contributed by atoms with Crippen LogP contribution in [0, 0.1) is 5.92 Å². The molecule has 2 heteroatoms. The van der Waals surface area contributed by atoms with E-state index < -0.39 is 0 Å². The van der Waals surface area contributed by atoms with Crippen molar-refractivity contribution in [1.82, 2.24) is 5.32 Å². The van der Waals surface area contributed by atoms with Crippen molar-refractivity contribution in [3.8, 4) is 0 Å². The number of aliphatic hydroxyl groups excluding tert-OH is 1. The molecule has 0 bridgehead atoms. The third-order valence-corrected chi connectivity index (χ3v) is 3.87. The van der Waals surface area contributed by atoms with Gasteiger partial charge in [0, 0.05) is 13.1 Å². The van der Waals surface area contributed by atoms with Crippen LogP contribution in [0.4, 0.5) is 0 Å². The van der Waals surface area contributed by atoms with E-state index in [-0.39, 0.29) is 6.10 Å². The summed E-state index contributed by atoms with van der Waals surface area (Å²) >= 11 is 0. The average Bonchev–Trinajstić information content (AvgIpc) is 2.37. The van der Waals surface area contributed by atoms with Gasteiger partial charge in [0.05, 0.1) is 6.10 Å².